The molecular weight excluding hydrogens is 337 g/mol. The summed E-state index contributed by atoms with van der Waals surface area (Å²) < 4.78 is 13.5. The van der Waals surface area contributed by atoms with Crippen molar-refractivity contribution in [2.24, 2.45) is 0 Å². The fourth-order valence-corrected chi connectivity index (χ4v) is 2.34. The summed E-state index contributed by atoms with van der Waals surface area (Å²) in [5.41, 5.74) is 8.22. The second-order valence-electron chi connectivity index (χ2n) is 4.75. The van der Waals surface area contributed by atoms with E-state index in [1.165, 1.54) is 18.2 Å². The molecule has 0 aromatic heterocycles. The maximum Gasteiger partial charge on any atom is 0.255 e. The van der Waals surface area contributed by atoms with Crippen LogP contribution in [0.4, 0.5) is 21.5 Å². The van der Waals surface area contributed by atoms with Crippen LogP contribution >= 0.6 is 15.9 Å². The highest BCUT2D eigenvalue weighted by atomic mass is 79.9. The number of hydrogen-bond donors (Lipinski definition) is 2. The number of amides is 1. The monoisotopic (exact) mass is 351 g/mol. The third-order valence-electron chi connectivity index (χ3n) is 2.95. The molecule has 0 heterocycles. The summed E-state index contributed by atoms with van der Waals surface area (Å²) in [6.07, 6.45) is 0. The first-order valence-electron chi connectivity index (χ1n) is 6.21. The molecule has 2 aromatic carbocycles. The molecule has 0 unspecified atom stereocenters. The number of nitrogens with two attached hydrogens (primary N) is 1. The van der Waals surface area contributed by atoms with Crippen LogP contribution in [-0.4, -0.2) is 20.0 Å². The van der Waals surface area contributed by atoms with Gasteiger partial charge in [-0.1, -0.05) is 0 Å². The molecular formula is C15H15BrFN3O. The second-order valence-corrected chi connectivity index (χ2v) is 5.60. The summed E-state index contributed by atoms with van der Waals surface area (Å²) in [4.78, 5) is 14.1. The molecule has 4 nitrogen and oxygen atoms in total. The van der Waals surface area contributed by atoms with Crippen molar-refractivity contribution in [2.75, 3.05) is 30.0 Å². The largest absolute Gasteiger partial charge is 0.397 e. The molecule has 0 aliphatic rings. The van der Waals surface area contributed by atoms with Crippen molar-refractivity contribution in [3.63, 3.8) is 0 Å². The van der Waals surface area contributed by atoms with Gasteiger partial charge in [-0.3, -0.25) is 4.79 Å². The van der Waals surface area contributed by atoms with Crippen LogP contribution in [0.5, 0.6) is 0 Å². The Kier molecular flexibility index (Phi) is 4.47. The lowest BCUT2D eigenvalue weighted by atomic mass is 10.1. The van der Waals surface area contributed by atoms with Crippen molar-refractivity contribution in [3.05, 3.63) is 52.3 Å². The minimum absolute atomic E-state index is 0.306. The maximum absolute atomic E-state index is 13.0. The number of nitrogens with zero attached hydrogens (tertiary/aromatic N) is 1. The van der Waals surface area contributed by atoms with E-state index in [0.29, 0.717) is 21.4 Å². The Morgan fingerprint density at radius 2 is 1.95 bits per heavy atom. The van der Waals surface area contributed by atoms with E-state index < -0.39 is 0 Å². The highest BCUT2D eigenvalue weighted by molar-refractivity contribution is 9.10. The Morgan fingerprint density at radius 3 is 2.52 bits per heavy atom. The van der Waals surface area contributed by atoms with Crippen LogP contribution in [-0.2, 0) is 0 Å². The smallest absolute Gasteiger partial charge is 0.255 e. The molecule has 2 aromatic rings. The van der Waals surface area contributed by atoms with E-state index in [0.717, 1.165) is 5.69 Å². The van der Waals surface area contributed by atoms with Gasteiger partial charge < -0.3 is 16.0 Å². The van der Waals surface area contributed by atoms with E-state index in [2.05, 4.69) is 21.2 Å². The second kappa shape index (κ2) is 6.13. The minimum atomic E-state index is -0.376. The lowest BCUT2D eigenvalue weighted by molar-refractivity contribution is 0.102. The predicted octanol–water partition coefficient (Wildman–Crippen LogP) is 3.49. The van der Waals surface area contributed by atoms with Gasteiger partial charge in [-0.25, -0.2) is 4.39 Å². The molecule has 0 spiro atoms. The highest BCUT2D eigenvalue weighted by Gasteiger charge is 2.11. The molecule has 21 heavy (non-hydrogen) atoms. The predicted molar refractivity (Wildman–Crippen MR) is 87.2 cm³/mol. The Morgan fingerprint density at radius 1 is 1.24 bits per heavy atom. The van der Waals surface area contributed by atoms with Crippen molar-refractivity contribution in [1.82, 2.24) is 0 Å². The molecule has 6 heteroatoms. The van der Waals surface area contributed by atoms with Gasteiger partial charge in [0.05, 0.1) is 17.1 Å². The van der Waals surface area contributed by atoms with Gasteiger partial charge in [0.1, 0.15) is 5.82 Å². The summed E-state index contributed by atoms with van der Waals surface area (Å²) in [5.74, 6) is -0.682. The fraction of sp³-hybridized carbons (Fsp3) is 0.133. The molecule has 0 aliphatic carbocycles. The van der Waals surface area contributed by atoms with E-state index in [1.807, 2.05) is 19.0 Å². The maximum atomic E-state index is 13.0. The first kappa shape index (κ1) is 15.3. The molecule has 0 saturated heterocycles. The molecule has 110 valence electrons. The fourth-order valence-electron chi connectivity index (χ4n) is 1.89. The number of benzene rings is 2. The number of rotatable bonds is 3. The minimum Gasteiger partial charge on any atom is -0.397 e. The number of halogens is 2. The number of nitrogens with one attached hydrogen (secondary N) is 1. The van der Waals surface area contributed by atoms with Gasteiger partial charge in [0.25, 0.3) is 5.91 Å². The summed E-state index contributed by atoms with van der Waals surface area (Å²) in [6, 6.07) is 9.16. The number of anilines is 3. The Bertz CT molecular complexity index is 689. The van der Waals surface area contributed by atoms with Crippen molar-refractivity contribution >= 4 is 38.9 Å². The molecule has 0 radical (unpaired) electrons. The van der Waals surface area contributed by atoms with Crippen LogP contribution in [0.3, 0.4) is 0 Å². The van der Waals surface area contributed by atoms with Crippen LogP contribution in [0.1, 0.15) is 10.4 Å². The van der Waals surface area contributed by atoms with Crippen LogP contribution in [0.15, 0.2) is 40.9 Å². The van der Waals surface area contributed by atoms with Gasteiger partial charge in [-0.05, 0) is 52.3 Å². The number of carbonyl (C=O) groups is 1. The molecule has 2 rings (SSSR count). The van der Waals surface area contributed by atoms with E-state index in [4.69, 9.17) is 5.73 Å². The van der Waals surface area contributed by atoms with E-state index in [9.17, 15) is 9.18 Å². The third-order valence-corrected chi connectivity index (χ3v) is 3.61. The Hall–Kier alpha value is -2.08. The van der Waals surface area contributed by atoms with E-state index in [-0.39, 0.29) is 11.7 Å². The lowest BCUT2D eigenvalue weighted by Gasteiger charge is -2.16. The first-order valence-corrected chi connectivity index (χ1v) is 7.01. The molecule has 0 bridgehead atoms. The van der Waals surface area contributed by atoms with Crippen LogP contribution in [0, 0.1) is 5.82 Å². The molecule has 0 atom stereocenters. The third kappa shape index (κ3) is 3.52. The normalized spacial score (nSPS) is 10.3. The molecule has 3 N–H and O–H groups in total. The van der Waals surface area contributed by atoms with Crippen molar-refractivity contribution < 1.29 is 9.18 Å². The van der Waals surface area contributed by atoms with Gasteiger partial charge in [0.2, 0.25) is 0 Å². The van der Waals surface area contributed by atoms with Gasteiger partial charge in [-0.2, -0.15) is 0 Å². The molecule has 0 fully saturated rings. The quantitative estimate of drug-likeness (QED) is 0.832. The zero-order chi connectivity index (χ0) is 15.6. The van der Waals surface area contributed by atoms with Gasteiger partial charge in [0.15, 0.2) is 0 Å². The van der Waals surface area contributed by atoms with Crippen LogP contribution in [0.25, 0.3) is 0 Å². The van der Waals surface area contributed by atoms with Gasteiger partial charge >= 0.3 is 0 Å². The summed E-state index contributed by atoms with van der Waals surface area (Å²) >= 11 is 3.21. The van der Waals surface area contributed by atoms with Crippen LogP contribution in [0.2, 0.25) is 0 Å². The number of hydrogen-bond acceptors (Lipinski definition) is 3. The summed E-state index contributed by atoms with van der Waals surface area (Å²) in [5, 5.41) is 2.71. The van der Waals surface area contributed by atoms with Crippen molar-refractivity contribution in [2.45, 2.75) is 0 Å². The van der Waals surface area contributed by atoms with E-state index in [1.54, 1.807) is 18.2 Å². The SMILES string of the molecule is CN(C)c1ccc(C(=O)Nc2ccc(F)cc2Br)cc1N. The van der Waals surface area contributed by atoms with E-state index >= 15 is 0 Å². The van der Waals surface area contributed by atoms with Crippen molar-refractivity contribution in [3.8, 4) is 0 Å². The summed E-state index contributed by atoms with van der Waals surface area (Å²) in [7, 11) is 3.75. The summed E-state index contributed by atoms with van der Waals surface area (Å²) in [6.45, 7) is 0. The zero-order valence-electron chi connectivity index (χ0n) is 11.7. The van der Waals surface area contributed by atoms with Gasteiger partial charge in [-0.15, -0.1) is 0 Å². The average Bonchev–Trinajstić information content (AvgIpc) is 2.41. The molecule has 1 amide bonds. The Balaban J connectivity index is 2.22. The zero-order valence-corrected chi connectivity index (χ0v) is 13.2. The van der Waals surface area contributed by atoms with Crippen LogP contribution < -0.4 is 16.0 Å². The Labute approximate surface area is 130 Å². The average molecular weight is 352 g/mol. The topological polar surface area (TPSA) is 58.4 Å². The number of nitrogen functional groups attached to an aromatic ring is 1. The molecule has 0 saturated carbocycles. The standard InChI is InChI=1S/C15H15BrFN3O/c1-20(2)14-6-3-9(7-12(14)18)15(21)19-13-5-4-10(17)8-11(13)16/h3-8H,18H2,1-2H3,(H,19,21). The van der Waals surface area contributed by atoms with Crippen molar-refractivity contribution in [1.29, 1.82) is 0 Å². The molecule has 0 aliphatic heterocycles. The lowest BCUT2D eigenvalue weighted by Crippen LogP contribution is -2.15. The number of carbonyl (C=O) groups excluding carboxylic acids is 1. The first-order chi connectivity index (χ1) is 9.88. The van der Waals surface area contributed by atoms with Gasteiger partial charge in [0, 0.05) is 24.1 Å². The highest BCUT2D eigenvalue weighted by Crippen LogP contribution is 2.25.